The second kappa shape index (κ2) is 7.11. The molecular weight excluding hydrogens is 332 g/mol. The highest BCUT2D eigenvalue weighted by molar-refractivity contribution is 7.99. The molecule has 0 saturated heterocycles. The first-order valence-electron chi connectivity index (χ1n) is 8.23. The molecule has 0 radical (unpaired) electrons. The summed E-state index contributed by atoms with van der Waals surface area (Å²) in [6.45, 7) is 0.648. The van der Waals surface area contributed by atoms with E-state index in [1.165, 1.54) is 16.8 Å². The largest absolute Gasteiger partial charge is 0.345 e. The second-order valence-corrected chi connectivity index (χ2v) is 7.13. The Morgan fingerprint density at radius 2 is 2.04 bits per heavy atom. The molecule has 5 nitrogen and oxygen atoms in total. The zero-order valence-corrected chi connectivity index (χ0v) is 14.4. The third-order valence-corrected chi connectivity index (χ3v) is 5.41. The molecule has 2 heterocycles. The molecule has 0 aliphatic carbocycles. The van der Waals surface area contributed by atoms with Gasteiger partial charge in [-0.2, -0.15) is 5.10 Å². The van der Waals surface area contributed by atoms with Crippen LogP contribution in [0.1, 0.15) is 33.9 Å². The molecule has 126 valence electrons. The van der Waals surface area contributed by atoms with Crippen LogP contribution in [0.15, 0.2) is 66.1 Å². The Bertz CT molecular complexity index is 861. The highest BCUT2D eigenvalue weighted by Gasteiger charge is 2.22. The fourth-order valence-electron chi connectivity index (χ4n) is 3.00. The zero-order chi connectivity index (χ0) is 17.1. The minimum Gasteiger partial charge on any atom is -0.345 e. The number of fused-ring (bicyclic) bond motifs is 1. The Morgan fingerprint density at radius 1 is 1.20 bits per heavy atom. The van der Waals surface area contributed by atoms with Crippen molar-refractivity contribution in [1.29, 1.82) is 0 Å². The smallest absolute Gasteiger partial charge is 0.251 e. The molecule has 0 fully saturated rings. The van der Waals surface area contributed by atoms with Crippen LogP contribution in [-0.4, -0.2) is 26.4 Å². The van der Waals surface area contributed by atoms with Crippen molar-refractivity contribution in [3.05, 3.63) is 77.9 Å². The summed E-state index contributed by atoms with van der Waals surface area (Å²) >= 11 is 1.85. The lowest BCUT2D eigenvalue weighted by molar-refractivity contribution is 0.0935. The monoisotopic (exact) mass is 350 g/mol. The van der Waals surface area contributed by atoms with Gasteiger partial charge in [-0.05, 0) is 35.7 Å². The molecule has 1 atom stereocenters. The van der Waals surface area contributed by atoms with Crippen molar-refractivity contribution in [3.63, 3.8) is 0 Å². The van der Waals surface area contributed by atoms with Gasteiger partial charge in [0.1, 0.15) is 12.7 Å². The Kier molecular flexibility index (Phi) is 4.52. The van der Waals surface area contributed by atoms with Gasteiger partial charge in [0.25, 0.3) is 5.91 Å². The molecule has 0 bridgehead atoms. The van der Waals surface area contributed by atoms with E-state index in [0.29, 0.717) is 12.1 Å². The Hall–Kier alpha value is -2.60. The SMILES string of the molecule is O=C(NC1CCSc2ccccc21)c1ccc(Cn2cncn2)cc1. The third kappa shape index (κ3) is 3.58. The first-order valence-corrected chi connectivity index (χ1v) is 9.22. The number of hydrogen-bond donors (Lipinski definition) is 1. The summed E-state index contributed by atoms with van der Waals surface area (Å²) in [5, 5.41) is 7.27. The third-order valence-electron chi connectivity index (χ3n) is 4.29. The van der Waals surface area contributed by atoms with Crippen LogP contribution in [0.3, 0.4) is 0 Å². The highest BCUT2D eigenvalue weighted by atomic mass is 32.2. The first-order chi connectivity index (χ1) is 12.3. The molecule has 25 heavy (non-hydrogen) atoms. The lowest BCUT2D eigenvalue weighted by Crippen LogP contribution is -2.30. The number of carbonyl (C=O) groups is 1. The lowest BCUT2D eigenvalue weighted by Gasteiger charge is -2.25. The predicted octanol–water partition coefficient (Wildman–Crippen LogP) is 3.29. The van der Waals surface area contributed by atoms with E-state index in [0.717, 1.165) is 17.7 Å². The Labute approximate surface area is 150 Å². The van der Waals surface area contributed by atoms with Gasteiger partial charge < -0.3 is 5.32 Å². The minimum atomic E-state index is -0.0287. The van der Waals surface area contributed by atoms with Gasteiger partial charge in [0.05, 0.1) is 12.6 Å². The Morgan fingerprint density at radius 3 is 2.84 bits per heavy atom. The maximum Gasteiger partial charge on any atom is 0.251 e. The average Bonchev–Trinajstić information content (AvgIpc) is 3.16. The molecule has 1 aliphatic rings. The van der Waals surface area contributed by atoms with Crippen LogP contribution in [0.4, 0.5) is 0 Å². The molecule has 1 amide bonds. The van der Waals surface area contributed by atoms with Gasteiger partial charge in [-0.3, -0.25) is 4.79 Å². The van der Waals surface area contributed by atoms with Gasteiger partial charge in [0.15, 0.2) is 0 Å². The van der Waals surface area contributed by atoms with E-state index >= 15 is 0 Å². The van der Waals surface area contributed by atoms with Gasteiger partial charge in [0.2, 0.25) is 0 Å². The molecule has 0 spiro atoms. The van der Waals surface area contributed by atoms with Crippen LogP contribution < -0.4 is 5.32 Å². The summed E-state index contributed by atoms with van der Waals surface area (Å²) in [6, 6.07) is 16.0. The van der Waals surface area contributed by atoms with Gasteiger partial charge in [-0.25, -0.2) is 9.67 Å². The van der Waals surface area contributed by atoms with Gasteiger partial charge in [0, 0.05) is 16.2 Å². The van der Waals surface area contributed by atoms with E-state index < -0.39 is 0 Å². The van der Waals surface area contributed by atoms with E-state index in [2.05, 4.69) is 27.5 Å². The molecule has 6 heteroatoms. The molecule has 3 aromatic rings. The molecular formula is C19H18N4OS. The zero-order valence-electron chi connectivity index (χ0n) is 13.6. The summed E-state index contributed by atoms with van der Waals surface area (Å²) < 4.78 is 1.76. The van der Waals surface area contributed by atoms with Crippen molar-refractivity contribution in [2.24, 2.45) is 0 Å². The quantitative estimate of drug-likeness (QED) is 0.784. The molecule has 1 N–H and O–H groups in total. The van der Waals surface area contributed by atoms with Crippen LogP contribution in [0.2, 0.25) is 0 Å². The number of thioether (sulfide) groups is 1. The standard InChI is InChI=1S/C19H18N4OS/c24-19(22-17-9-10-25-18-4-2-1-3-16(17)18)15-7-5-14(6-8-15)11-23-13-20-12-21-23/h1-8,12-13,17H,9-11H2,(H,22,24). The van der Waals surface area contributed by atoms with Crippen LogP contribution in [0, 0.1) is 0 Å². The molecule has 1 aliphatic heterocycles. The van der Waals surface area contributed by atoms with E-state index in [1.807, 2.05) is 48.2 Å². The van der Waals surface area contributed by atoms with Crippen molar-refractivity contribution in [2.75, 3.05) is 5.75 Å². The minimum absolute atomic E-state index is 0.0287. The van der Waals surface area contributed by atoms with Crippen LogP contribution in [0.25, 0.3) is 0 Å². The maximum absolute atomic E-state index is 12.6. The van der Waals surface area contributed by atoms with Crippen molar-refractivity contribution in [1.82, 2.24) is 20.1 Å². The number of nitrogens with one attached hydrogen (secondary N) is 1. The Balaban J connectivity index is 1.45. The number of hydrogen-bond acceptors (Lipinski definition) is 4. The van der Waals surface area contributed by atoms with Gasteiger partial charge in [-0.15, -0.1) is 11.8 Å². The molecule has 1 unspecified atom stereocenters. The van der Waals surface area contributed by atoms with Crippen molar-refractivity contribution in [3.8, 4) is 0 Å². The average molecular weight is 350 g/mol. The fourth-order valence-corrected chi connectivity index (χ4v) is 4.12. The molecule has 0 saturated carbocycles. The fraction of sp³-hybridized carbons (Fsp3) is 0.211. The summed E-state index contributed by atoms with van der Waals surface area (Å²) in [7, 11) is 0. The highest BCUT2D eigenvalue weighted by Crippen LogP contribution is 2.35. The normalized spacial score (nSPS) is 16.2. The van der Waals surface area contributed by atoms with E-state index in [1.54, 1.807) is 11.0 Å². The van der Waals surface area contributed by atoms with E-state index in [-0.39, 0.29) is 11.9 Å². The van der Waals surface area contributed by atoms with Gasteiger partial charge >= 0.3 is 0 Å². The van der Waals surface area contributed by atoms with Crippen LogP contribution in [0.5, 0.6) is 0 Å². The number of rotatable bonds is 4. The number of amides is 1. The van der Waals surface area contributed by atoms with Crippen molar-refractivity contribution < 1.29 is 4.79 Å². The first kappa shape index (κ1) is 15.9. The number of aromatic nitrogens is 3. The van der Waals surface area contributed by atoms with Crippen LogP contribution >= 0.6 is 11.8 Å². The van der Waals surface area contributed by atoms with E-state index in [4.69, 9.17) is 0 Å². The second-order valence-electron chi connectivity index (χ2n) is 5.99. The number of nitrogens with zero attached hydrogens (tertiary/aromatic N) is 3. The topological polar surface area (TPSA) is 59.8 Å². The summed E-state index contributed by atoms with van der Waals surface area (Å²) in [5.41, 5.74) is 2.98. The summed E-state index contributed by atoms with van der Waals surface area (Å²) in [5.74, 6) is 0.998. The predicted molar refractivity (Wildman–Crippen MR) is 97.6 cm³/mol. The van der Waals surface area contributed by atoms with Crippen LogP contribution in [-0.2, 0) is 6.54 Å². The van der Waals surface area contributed by atoms with Crippen molar-refractivity contribution >= 4 is 17.7 Å². The summed E-state index contributed by atoms with van der Waals surface area (Å²) in [6.07, 6.45) is 4.15. The summed E-state index contributed by atoms with van der Waals surface area (Å²) in [4.78, 5) is 17.8. The lowest BCUT2D eigenvalue weighted by atomic mass is 10.0. The number of benzene rings is 2. The molecule has 4 rings (SSSR count). The maximum atomic E-state index is 12.6. The molecule has 1 aromatic heterocycles. The molecule has 2 aromatic carbocycles. The van der Waals surface area contributed by atoms with Gasteiger partial charge in [-0.1, -0.05) is 30.3 Å². The van der Waals surface area contributed by atoms with E-state index in [9.17, 15) is 4.79 Å². The van der Waals surface area contributed by atoms with Crippen molar-refractivity contribution in [2.45, 2.75) is 23.9 Å². The number of carbonyl (C=O) groups excluding carboxylic acids is 1.